The number of amides is 1. The highest BCUT2D eigenvalue weighted by Gasteiger charge is 2.30. The minimum absolute atomic E-state index is 0.147. The Morgan fingerprint density at radius 2 is 2.04 bits per heavy atom. The first-order valence-electron chi connectivity index (χ1n) is 9.63. The summed E-state index contributed by atoms with van der Waals surface area (Å²) >= 11 is 1.27. The Bertz CT molecular complexity index is 990. The topological polar surface area (TPSA) is 90.6 Å². The molecule has 2 aromatic rings. The molecule has 8 nitrogen and oxygen atoms in total. The molecule has 0 aromatic carbocycles. The Balaban J connectivity index is 1.87. The van der Waals surface area contributed by atoms with Crippen LogP contribution in [0.25, 0.3) is 10.2 Å². The average Bonchev–Trinajstić information content (AvgIpc) is 3.18. The standard InChI is InChI=1S/C19H25N3O5S/c1-3-8-21-17(24)16-14(7-10-28-16)22(19(21)26)12-15(23)20-9-5-6-13(11-20)18(25)27-4-2/h7,10,13H,3-6,8-9,11-12H2,1-2H3. The Morgan fingerprint density at radius 3 is 2.75 bits per heavy atom. The Labute approximate surface area is 166 Å². The third-order valence-corrected chi connectivity index (χ3v) is 5.86. The molecule has 9 heteroatoms. The first kappa shape index (κ1) is 20.3. The molecule has 1 aliphatic heterocycles. The second-order valence-electron chi connectivity index (χ2n) is 6.89. The predicted octanol–water partition coefficient (Wildman–Crippen LogP) is 1.44. The van der Waals surface area contributed by atoms with Gasteiger partial charge in [-0.1, -0.05) is 6.92 Å². The van der Waals surface area contributed by atoms with Crippen molar-refractivity contribution in [1.29, 1.82) is 0 Å². The highest BCUT2D eigenvalue weighted by atomic mass is 32.1. The van der Waals surface area contributed by atoms with Crippen molar-refractivity contribution in [3.63, 3.8) is 0 Å². The SMILES string of the molecule is CCCn1c(=O)c2sccc2n(CC(=O)N2CCCC(C(=O)OCC)C2)c1=O. The summed E-state index contributed by atoms with van der Waals surface area (Å²) in [6.07, 6.45) is 2.05. The van der Waals surface area contributed by atoms with Crippen LogP contribution in [-0.4, -0.2) is 45.6 Å². The molecular formula is C19H25N3O5S. The first-order chi connectivity index (χ1) is 13.5. The van der Waals surface area contributed by atoms with E-state index in [-0.39, 0.29) is 29.9 Å². The van der Waals surface area contributed by atoms with Crippen LogP contribution < -0.4 is 11.2 Å². The van der Waals surface area contributed by atoms with Gasteiger partial charge in [0.15, 0.2) is 0 Å². The van der Waals surface area contributed by atoms with Gasteiger partial charge < -0.3 is 9.64 Å². The molecule has 28 heavy (non-hydrogen) atoms. The molecule has 1 aliphatic rings. The van der Waals surface area contributed by atoms with Crippen molar-refractivity contribution in [3.05, 3.63) is 32.3 Å². The quantitative estimate of drug-likeness (QED) is 0.676. The lowest BCUT2D eigenvalue weighted by molar-refractivity contribution is -0.151. The van der Waals surface area contributed by atoms with Crippen molar-refractivity contribution in [2.24, 2.45) is 5.92 Å². The maximum Gasteiger partial charge on any atom is 0.332 e. The van der Waals surface area contributed by atoms with Gasteiger partial charge in [-0.05, 0) is 37.6 Å². The zero-order chi connectivity index (χ0) is 20.3. The molecule has 2 aromatic heterocycles. The molecule has 1 saturated heterocycles. The smallest absolute Gasteiger partial charge is 0.332 e. The number of rotatable bonds is 6. The Morgan fingerprint density at radius 1 is 1.25 bits per heavy atom. The highest BCUT2D eigenvalue weighted by molar-refractivity contribution is 7.17. The van der Waals surface area contributed by atoms with E-state index < -0.39 is 5.69 Å². The third-order valence-electron chi connectivity index (χ3n) is 4.97. The third kappa shape index (κ3) is 3.89. The van der Waals surface area contributed by atoms with Gasteiger partial charge >= 0.3 is 11.7 Å². The number of hydrogen-bond donors (Lipinski definition) is 0. The zero-order valence-electron chi connectivity index (χ0n) is 16.2. The van der Waals surface area contributed by atoms with Crippen LogP contribution in [0.2, 0.25) is 0 Å². The number of hydrogen-bond acceptors (Lipinski definition) is 6. The van der Waals surface area contributed by atoms with Crippen molar-refractivity contribution in [1.82, 2.24) is 14.0 Å². The van der Waals surface area contributed by atoms with Crippen LogP contribution in [0.3, 0.4) is 0 Å². The fourth-order valence-electron chi connectivity index (χ4n) is 3.60. The molecular weight excluding hydrogens is 382 g/mol. The van der Waals surface area contributed by atoms with Gasteiger partial charge in [-0.2, -0.15) is 0 Å². The van der Waals surface area contributed by atoms with Gasteiger partial charge in [0.05, 0.1) is 18.0 Å². The van der Waals surface area contributed by atoms with Gasteiger partial charge in [0.2, 0.25) is 5.91 Å². The number of esters is 1. The van der Waals surface area contributed by atoms with Crippen molar-refractivity contribution >= 4 is 33.4 Å². The lowest BCUT2D eigenvalue weighted by Gasteiger charge is -2.31. The zero-order valence-corrected chi connectivity index (χ0v) is 17.0. The van der Waals surface area contributed by atoms with Crippen LogP contribution in [-0.2, 0) is 27.4 Å². The maximum absolute atomic E-state index is 12.9. The van der Waals surface area contributed by atoms with Gasteiger partial charge in [-0.15, -0.1) is 11.3 Å². The molecule has 0 aliphatic carbocycles. The molecule has 0 saturated carbocycles. The molecule has 1 fully saturated rings. The number of likely N-dealkylation sites (tertiary alicyclic amines) is 1. The summed E-state index contributed by atoms with van der Waals surface area (Å²) in [7, 11) is 0. The maximum atomic E-state index is 12.9. The molecule has 0 N–H and O–H groups in total. The molecule has 1 amide bonds. The van der Waals surface area contributed by atoms with Crippen LogP contribution >= 0.6 is 11.3 Å². The van der Waals surface area contributed by atoms with Crippen molar-refractivity contribution in [2.75, 3.05) is 19.7 Å². The number of aromatic nitrogens is 2. The van der Waals surface area contributed by atoms with E-state index >= 15 is 0 Å². The minimum Gasteiger partial charge on any atom is -0.466 e. The van der Waals surface area contributed by atoms with E-state index in [2.05, 4.69) is 0 Å². The summed E-state index contributed by atoms with van der Waals surface area (Å²) in [5.74, 6) is -0.844. The van der Waals surface area contributed by atoms with E-state index in [1.807, 2.05) is 6.92 Å². The van der Waals surface area contributed by atoms with Gasteiger partial charge in [0.1, 0.15) is 11.2 Å². The number of carbonyl (C=O) groups excluding carboxylic acids is 2. The number of thiophene rings is 1. The summed E-state index contributed by atoms with van der Waals surface area (Å²) in [5, 5.41) is 1.75. The second-order valence-corrected chi connectivity index (χ2v) is 7.81. The number of ether oxygens (including phenoxy) is 1. The summed E-state index contributed by atoms with van der Waals surface area (Å²) in [5.41, 5.74) is -0.286. The summed E-state index contributed by atoms with van der Waals surface area (Å²) in [6, 6.07) is 1.70. The molecule has 0 spiro atoms. The number of piperidine rings is 1. The van der Waals surface area contributed by atoms with Gasteiger partial charge in [-0.25, -0.2) is 4.79 Å². The predicted molar refractivity (Wildman–Crippen MR) is 107 cm³/mol. The molecule has 1 unspecified atom stereocenters. The largest absolute Gasteiger partial charge is 0.466 e. The van der Waals surface area contributed by atoms with Crippen molar-refractivity contribution in [3.8, 4) is 0 Å². The summed E-state index contributed by atoms with van der Waals surface area (Å²) in [4.78, 5) is 51.9. The van der Waals surface area contributed by atoms with E-state index in [4.69, 9.17) is 4.74 Å². The van der Waals surface area contributed by atoms with E-state index in [9.17, 15) is 19.2 Å². The average molecular weight is 407 g/mol. The van der Waals surface area contributed by atoms with Gasteiger partial charge in [0, 0.05) is 19.6 Å². The Hall–Kier alpha value is -2.42. The lowest BCUT2D eigenvalue weighted by Crippen LogP contribution is -2.46. The molecule has 3 heterocycles. The van der Waals surface area contributed by atoms with Crippen LogP contribution in [0.5, 0.6) is 0 Å². The monoisotopic (exact) mass is 407 g/mol. The lowest BCUT2D eigenvalue weighted by atomic mass is 9.98. The highest BCUT2D eigenvalue weighted by Crippen LogP contribution is 2.19. The number of carbonyl (C=O) groups is 2. The van der Waals surface area contributed by atoms with Crippen molar-refractivity contribution in [2.45, 2.75) is 46.2 Å². The van der Waals surface area contributed by atoms with E-state index in [0.717, 1.165) is 0 Å². The van der Waals surface area contributed by atoms with Gasteiger partial charge in [-0.3, -0.25) is 23.5 Å². The Kier molecular flexibility index (Phi) is 6.33. The van der Waals surface area contributed by atoms with Crippen LogP contribution in [0.1, 0.15) is 33.1 Å². The summed E-state index contributed by atoms with van der Waals surface area (Å²) < 4.78 is 8.13. The van der Waals surface area contributed by atoms with Gasteiger partial charge in [0.25, 0.3) is 5.56 Å². The van der Waals surface area contributed by atoms with Crippen LogP contribution in [0.4, 0.5) is 0 Å². The minimum atomic E-state index is -0.468. The van der Waals surface area contributed by atoms with Crippen LogP contribution in [0, 0.1) is 5.92 Å². The fourth-order valence-corrected chi connectivity index (χ4v) is 4.44. The fraction of sp³-hybridized carbons (Fsp3) is 0.579. The number of fused-ring (bicyclic) bond motifs is 1. The second kappa shape index (κ2) is 8.72. The van der Waals surface area contributed by atoms with E-state index in [1.54, 1.807) is 23.3 Å². The van der Waals surface area contributed by atoms with Crippen LogP contribution in [0.15, 0.2) is 21.0 Å². The number of nitrogens with zero attached hydrogens (tertiary/aromatic N) is 3. The molecule has 0 radical (unpaired) electrons. The normalized spacial score (nSPS) is 17.1. The molecule has 3 rings (SSSR count). The van der Waals surface area contributed by atoms with Crippen molar-refractivity contribution < 1.29 is 14.3 Å². The van der Waals surface area contributed by atoms with E-state index in [0.29, 0.717) is 55.7 Å². The first-order valence-corrected chi connectivity index (χ1v) is 10.5. The van der Waals surface area contributed by atoms with E-state index in [1.165, 1.54) is 20.5 Å². The summed E-state index contributed by atoms with van der Waals surface area (Å²) in [6.45, 7) is 4.98. The molecule has 0 bridgehead atoms. The molecule has 1 atom stereocenters. The molecule has 152 valence electrons.